The average Bonchev–Trinajstić information content (AvgIpc) is 3.68. The zero-order valence-electron chi connectivity index (χ0n) is 20.8. The van der Waals surface area contributed by atoms with Crippen LogP contribution in [-0.4, -0.2) is 58.9 Å². The van der Waals surface area contributed by atoms with E-state index in [0.717, 1.165) is 56.2 Å². The number of carbonyl (C=O) groups excluding carboxylic acids is 1. The summed E-state index contributed by atoms with van der Waals surface area (Å²) < 4.78 is 51.0. The highest BCUT2D eigenvalue weighted by atomic mass is 35.5. The predicted molar refractivity (Wildman–Crippen MR) is 142 cm³/mol. The minimum absolute atomic E-state index is 0.0582. The molecule has 1 N–H and O–H groups in total. The lowest BCUT2D eigenvalue weighted by atomic mass is 9.95. The summed E-state index contributed by atoms with van der Waals surface area (Å²) in [4.78, 5) is 14.6. The summed E-state index contributed by atoms with van der Waals surface area (Å²) in [5.74, 6) is -0.890. The molecule has 1 aliphatic heterocycles. The van der Waals surface area contributed by atoms with Crippen LogP contribution in [0.1, 0.15) is 59.1 Å². The Bertz CT molecular complexity index is 1250. The quantitative estimate of drug-likeness (QED) is 0.422. The number of hydrogen-bond donors (Lipinski definition) is 1. The third kappa shape index (κ3) is 7.35. The first-order chi connectivity index (χ1) is 17.6. The molecule has 11 heteroatoms. The summed E-state index contributed by atoms with van der Waals surface area (Å²) in [6.07, 6.45) is 4.50. The van der Waals surface area contributed by atoms with Gasteiger partial charge in [0.1, 0.15) is 11.6 Å². The van der Waals surface area contributed by atoms with E-state index in [1.807, 2.05) is 16.9 Å². The number of nitrogens with one attached hydrogen (secondary N) is 1. The monoisotopic (exact) mass is 572 g/mol. The number of amides is 1. The number of hydrogen-bond acceptors (Lipinski definition) is 6. The molecule has 202 valence electrons. The molecular formula is C26H31Cl2FN2O5S. The van der Waals surface area contributed by atoms with Gasteiger partial charge >= 0.3 is 0 Å². The smallest absolute Gasteiger partial charge is 0.267 e. The molecule has 2 aromatic rings. The molecule has 2 aliphatic rings. The van der Waals surface area contributed by atoms with Crippen molar-refractivity contribution in [3.63, 3.8) is 0 Å². The standard InChI is InChI=1S/C26H31Cl2FN2O5S/c1-35-15-24(18-5-6-21(27)22(28)11-18)31-9-7-16(8-10-31)14-36-25-13-23(29)20(12-19(25)17-3-4-17)26(32)30-37(2,33)34/h5-6,11-13,16-17,24H,3-4,7-10,14-15H2,1-2H3,(H,30,32)/t24-/m1/s1. The van der Waals surface area contributed by atoms with Gasteiger partial charge < -0.3 is 9.47 Å². The van der Waals surface area contributed by atoms with Crippen molar-refractivity contribution in [2.75, 3.05) is 39.7 Å². The number of ether oxygens (including phenoxy) is 2. The van der Waals surface area contributed by atoms with Crippen molar-refractivity contribution in [2.45, 2.75) is 37.6 Å². The van der Waals surface area contributed by atoms with E-state index in [2.05, 4.69) is 4.90 Å². The van der Waals surface area contributed by atoms with E-state index >= 15 is 0 Å². The van der Waals surface area contributed by atoms with Crippen molar-refractivity contribution in [3.05, 3.63) is 62.9 Å². The van der Waals surface area contributed by atoms with Crippen LogP contribution in [0.25, 0.3) is 0 Å². The van der Waals surface area contributed by atoms with E-state index in [9.17, 15) is 17.6 Å². The second kappa shape index (κ2) is 11.9. The molecule has 1 aliphatic carbocycles. The maximum absolute atomic E-state index is 14.8. The fraction of sp³-hybridized carbons (Fsp3) is 0.500. The molecule has 1 saturated carbocycles. The Morgan fingerprint density at radius 1 is 1.14 bits per heavy atom. The maximum atomic E-state index is 14.8. The predicted octanol–water partition coefficient (Wildman–Crippen LogP) is 5.18. The molecule has 0 spiro atoms. The number of carbonyl (C=O) groups is 1. The van der Waals surface area contributed by atoms with Crippen molar-refractivity contribution in [1.82, 2.24) is 9.62 Å². The van der Waals surface area contributed by atoms with E-state index in [4.69, 9.17) is 32.7 Å². The topological polar surface area (TPSA) is 84.9 Å². The highest BCUT2D eigenvalue weighted by Gasteiger charge is 2.31. The lowest BCUT2D eigenvalue weighted by Gasteiger charge is -2.37. The number of piperidine rings is 1. The summed E-state index contributed by atoms with van der Waals surface area (Å²) in [7, 11) is -2.12. The second-order valence-corrected chi connectivity index (χ2v) is 12.3. The Kier molecular flexibility index (Phi) is 9.01. The lowest BCUT2D eigenvalue weighted by molar-refractivity contribution is 0.0556. The van der Waals surface area contributed by atoms with Crippen LogP contribution >= 0.6 is 23.2 Å². The zero-order valence-corrected chi connectivity index (χ0v) is 23.1. The highest BCUT2D eigenvalue weighted by Crippen LogP contribution is 2.45. The van der Waals surface area contributed by atoms with Crippen LogP contribution in [0.5, 0.6) is 5.75 Å². The number of methoxy groups -OCH3 is 1. The first-order valence-corrected chi connectivity index (χ1v) is 14.9. The number of halogens is 3. The van der Waals surface area contributed by atoms with Crippen molar-refractivity contribution in [2.24, 2.45) is 5.92 Å². The van der Waals surface area contributed by atoms with Gasteiger partial charge in [-0.2, -0.15) is 0 Å². The third-order valence-corrected chi connectivity index (χ3v) is 8.15. The molecule has 0 aromatic heterocycles. The number of rotatable bonds is 10. The lowest BCUT2D eigenvalue weighted by Crippen LogP contribution is -2.39. The van der Waals surface area contributed by atoms with Crippen molar-refractivity contribution in [3.8, 4) is 5.75 Å². The van der Waals surface area contributed by atoms with E-state index < -0.39 is 21.7 Å². The maximum Gasteiger partial charge on any atom is 0.267 e. The van der Waals surface area contributed by atoms with Gasteiger partial charge in [-0.3, -0.25) is 9.69 Å². The molecule has 2 fully saturated rings. The van der Waals surface area contributed by atoms with Crippen molar-refractivity contribution < 1.29 is 27.1 Å². The first kappa shape index (κ1) is 28.1. The minimum Gasteiger partial charge on any atom is -0.493 e. The number of likely N-dealkylation sites (tertiary alicyclic amines) is 1. The molecule has 1 amide bonds. The highest BCUT2D eigenvalue weighted by molar-refractivity contribution is 7.89. The second-order valence-electron chi connectivity index (χ2n) is 9.78. The molecular weight excluding hydrogens is 542 g/mol. The average molecular weight is 574 g/mol. The van der Waals surface area contributed by atoms with Crippen LogP contribution in [-0.2, 0) is 14.8 Å². The Labute approximate surface area is 227 Å². The summed E-state index contributed by atoms with van der Waals surface area (Å²) in [6.45, 7) is 2.65. The van der Waals surface area contributed by atoms with Gasteiger partial charge in [0.25, 0.3) is 5.91 Å². The van der Waals surface area contributed by atoms with Gasteiger partial charge in [0.05, 0.1) is 41.1 Å². The van der Waals surface area contributed by atoms with Gasteiger partial charge in [0.2, 0.25) is 10.0 Å². The van der Waals surface area contributed by atoms with E-state index in [-0.39, 0.29) is 23.4 Å². The van der Waals surface area contributed by atoms with Gasteiger partial charge in [-0.25, -0.2) is 17.5 Å². The van der Waals surface area contributed by atoms with Gasteiger partial charge in [-0.05, 0) is 79.9 Å². The van der Waals surface area contributed by atoms with Gasteiger partial charge in [0.15, 0.2) is 0 Å². The van der Waals surface area contributed by atoms with Crippen LogP contribution in [0.2, 0.25) is 10.0 Å². The van der Waals surface area contributed by atoms with E-state index in [1.165, 1.54) is 12.1 Å². The molecule has 0 radical (unpaired) electrons. The largest absolute Gasteiger partial charge is 0.493 e. The van der Waals surface area contributed by atoms with Crippen LogP contribution in [0, 0.1) is 11.7 Å². The van der Waals surface area contributed by atoms with E-state index in [0.29, 0.717) is 29.0 Å². The van der Waals surface area contributed by atoms with Gasteiger partial charge in [0, 0.05) is 13.2 Å². The van der Waals surface area contributed by atoms with E-state index in [1.54, 1.807) is 13.2 Å². The molecule has 1 saturated heterocycles. The molecule has 37 heavy (non-hydrogen) atoms. The number of sulfonamides is 1. The van der Waals surface area contributed by atoms with Gasteiger partial charge in [-0.1, -0.05) is 29.3 Å². The SMILES string of the molecule is COC[C@H](c1ccc(Cl)c(Cl)c1)N1CCC(COc2cc(F)c(C(=O)NS(C)(=O)=O)cc2C2CC2)CC1. The van der Waals surface area contributed by atoms with Crippen molar-refractivity contribution >= 4 is 39.1 Å². The Morgan fingerprint density at radius 3 is 2.43 bits per heavy atom. The Hall–Kier alpha value is -1.91. The fourth-order valence-corrected chi connectivity index (χ4v) is 5.49. The van der Waals surface area contributed by atoms with Gasteiger partial charge in [-0.15, -0.1) is 0 Å². The minimum atomic E-state index is -3.80. The van der Waals surface area contributed by atoms with Crippen LogP contribution < -0.4 is 9.46 Å². The zero-order chi connectivity index (χ0) is 26.7. The van der Waals surface area contributed by atoms with Crippen LogP contribution in [0.4, 0.5) is 4.39 Å². The Balaban J connectivity index is 1.39. The molecule has 2 aromatic carbocycles. The summed E-state index contributed by atoms with van der Waals surface area (Å²) in [6, 6.07) is 8.35. The summed E-state index contributed by atoms with van der Waals surface area (Å²) in [5.41, 5.74) is 1.51. The molecule has 7 nitrogen and oxygen atoms in total. The first-order valence-electron chi connectivity index (χ1n) is 12.2. The molecule has 1 heterocycles. The molecule has 0 unspecified atom stereocenters. The fourth-order valence-electron chi connectivity index (χ4n) is 4.74. The molecule has 1 atom stereocenters. The Morgan fingerprint density at radius 2 is 1.84 bits per heavy atom. The number of benzene rings is 2. The van der Waals surface area contributed by atoms with Crippen molar-refractivity contribution in [1.29, 1.82) is 0 Å². The van der Waals surface area contributed by atoms with Crippen LogP contribution in [0.3, 0.4) is 0 Å². The number of nitrogens with zero attached hydrogens (tertiary/aromatic N) is 1. The molecule has 0 bridgehead atoms. The molecule has 4 rings (SSSR count). The third-order valence-electron chi connectivity index (χ3n) is 6.86. The summed E-state index contributed by atoms with van der Waals surface area (Å²) in [5, 5.41) is 1.03. The van der Waals surface area contributed by atoms with Crippen LogP contribution in [0.15, 0.2) is 30.3 Å². The summed E-state index contributed by atoms with van der Waals surface area (Å²) >= 11 is 12.3. The normalized spacial score (nSPS) is 18.0.